The lowest BCUT2D eigenvalue weighted by atomic mass is 9.77. The third-order valence-corrected chi connectivity index (χ3v) is 3.64. The molecule has 18 heavy (non-hydrogen) atoms. The number of carbonyl (C=O) groups excluding carboxylic acids is 1. The summed E-state index contributed by atoms with van der Waals surface area (Å²) in [5.74, 6) is 0.817. The minimum Gasteiger partial charge on any atom is -0.409 e. The highest BCUT2D eigenvalue weighted by Crippen LogP contribution is 2.43. The van der Waals surface area contributed by atoms with Crippen LogP contribution in [0.2, 0.25) is 0 Å². The van der Waals surface area contributed by atoms with Crippen LogP contribution in [0.5, 0.6) is 0 Å². The number of amides is 1. The van der Waals surface area contributed by atoms with Crippen molar-refractivity contribution in [1.29, 1.82) is 0 Å². The zero-order valence-electron chi connectivity index (χ0n) is 11.4. The van der Waals surface area contributed by atoms with E-state index in [1.165, 1.54) is 0 Å². The normalized spacial score (nSPS) is 19.2. The first kappa shape index (κ1) is 14.8. The van der Waals surface area contributed by atoms with Crippen molar-refractivity contribution in [1.82, 2.24) is 5.32 Å². The molecule has 0 aliphatic heterocycles. The van der Waals surface area contributed by atoms with E-state index in [-0.39, 0.29) is 17.2 Å². The maximum Gasteiger partial charge on any atom is 0.226 e. The van der Waals surface area contributed by atoms with Gasteiger partial charge < -0.3 is 16.3 Å². The monoisotopic (exact) mass is 255 g/mol. The number of rotatable bonds is 6. The minimum atomic E-state index is -0.181. The highest BCUT2D eigenvalue weighted by Gasteiger charge is 2.40. The molecule has 0 aromatic heterocycles. The van der Waals surface area contributed by atoms with E-state index in [4.69, 9.17) is 10.9 Å². The van der Waals surface area contributed by atoms with Gasteiger partial charge in [-0.15, -0.1) is 0 Å². The molecule has 104 valence electrons. The molecular weight excluding hydrogens is 230 g/mol. The van der Waals surface area contributed by atoms with Gasteiger partial charge in [0.15, 0.2) is 0 Å². The van der Waals surface area contributed by atoms with Crippen LogP contribution in [-0.2, 0) is 4.79 Å². The average Bonchev–Trinajstić information content (AvgIpc) is 2.77. The lowest BCUT2D eigenvalue weighted by Crippen LogP contribution is -2.41. The molecule has 0 saturated heterocycles. The molecule has 0 heterocycles. The van der Waals surface area contributed by atoms with Gasteiger partial charge in [0.1, 0.15) is 5.84 Å². The van der Waals surface area contributed by atoms with Crippen molar-refractivity contribution in [2.45, 2.75) is 52.4 Å². The highest BCUT2D eigenvalue weighted by atomic mass is 16.4. The Morgan fingerprint density at radius 3 is 2.56 bits per heavy atom. The van der Waals surface area contributed by atoms with Crippen LogP contribution in [-0.4, -0.2) is 23.5 Å². The van der Waals surface area contributed by atoms with Gasteiger partial charge in [-0.25, -0.2) is 0 Å². The fourth-order valence-corrected chi connectivity index (χ4v) is 2.90. The summed E-state index contributed by atoms with van der Waals surface area (Å²) >= 11 is 0. The van der Waals surface area contributed by atoms with Crippen molar-refractivity contribution in [3.63, 3.8) is 0 Å². The van der Waals surface area contributed by atoms with Gasteiger partial charge in [-0.3, -0.25) is 4.79 Å². The standard InChI is InChI=1S/C13H25N3O2/c1-10(2)9-13(6-3-4-7-13)12(17)15-8-5-11(14)16-18/h10,18H,3-9H2,1-2H3,(H2,14,16)(H,15,17). The van der Waals surface area contributed by atoms with Crippen molar-refractivity contribution < 1.29 is 10.0 Å². The van der Waals surface area contributed by atoms with E-state index < -0.39 is 0 Å². The Morgan fingerprint density at radius 1 is 1.44 bits per heavy atom. The largest absolute Gasteiger partial charge is 0.409 e. The van der Waals surface area contributed by atoms with Crippen LogP contribution in [0.3, 0.4) is 0 Å². The van der Waals surface area contributed by atoms with Gasteiger partial charge in [0.05, 0.1) is 0 Å². The molecule has 0 bridgehead atoms. The maximum absolute atomic E-state index is 12.3. The molecule has 0 radical (unpaired) electrons. The first-order valence-corrected chi connectivity index (χ1v) is 6.75. The SMILES string of the molecule is CC(C)CC1(C(=O)NCCC(N)=NO)CCCC1. The number of nitrogens with two attached hydrogens (primary N) is 1. The van der Waals surface area contributed by atoms with Crippen LogP contribution in [0.25, 0.3) is 0 Å². The lowest BCUT2D eigenvalue weighted by molar-refractivity contribution is -0.131. The molecule has 5 heteroatoms. The Morgan fingerprint density at radius 2 is 2.06 bits per heavy atom. The third kappa shape index (κ3) is 3.89. The molecule has 1 rings (SSSR count). The number of carbonyl (C=O) groups is 1. The second-order valence-electron chi connectivity index (χ2n) is 5.68. The predicted molar refractivity (Wildman–Crippen MR) is 71.4 cm³/mol. The molecule has 5 nitrogen and oxygen atoms in total. The summed E-state index contributed by atoms with van der Waals surface area (Å²) in [7, 11) is 0. The van der Waals surface area contributed by atoms with Crippen molar-refractivity contribution in [2.24, 2.45) is 22.2 Å². The zero-order valence-corrected chi connectivity index (χ0v) is 11.4. The van der Waals surface area contributed by atoms with Crippen molar-refractivity contribution >= 4 is 11.7 Å². The minimum absolute atomic E-state index is 0.138. The molecule has 0 aromatic rings. The lowest BCUT2D eigenvalue weighted by Gasteiger charge is -2.29. The first-order chi connectivity index (χ1) is 8.50. The summed E-state index contributed by atoms with van der Waals surface area (Å²) in [5, 5.41) is 14.2. The van der Waals surface area contributed by atoms with E-state index in [2.05, 4.69) is 24.3 Å². The fourth-order valence-electron chi connectivity index (χ4n) is 2.90. The van der Waals surface area contributed by atoms with E-state index in [1.807, 2.05) is 0 Å². The number of amidine groups is 1. The van der Waals surface area contributed by atoms with Gasteiger partial charge in [0, 0.05) is 18.4 Å². The molecule has 0 aromatic carbocycles. The number of nitrogens with one attached hydrogen (secondary N) is 1. The number of oxime groups is 1. The summed E-state index contributed by atoms with van der Waals surface area (Å²) in [6.07, 6.45) is 5.59. The van der Waals surface area contributed by atoms with Crippen molar-refractivity contribution in [3.8, 4) is 0 Å². The zero-order chi connectivity index (χ0) is 13.6. The van der Waals surface area contributed by atoms with Gasteiger partial charge in [-0.2, -0.15) is 0 Å². The van der Waals surface area contributed by atoms with E-state index in [0.29, 0.717) is 18.9 Å². The van der Waals surface area contributed by atoms with E-state index in [1.54, 1.807) is 0 Å². The van der Waals surface area contributed by atoms with Crippen molar-refractivity contribution in [3.05, 3.63) is 0 Å². The number of nitrogens with zero attached hydrogens (tertiary/aromatic N) is 1. The molecule has 1 aliphatic carbocycles. The number of hydrogen-bond acceptors (Lipinski definition) is 3. The van der Waals surface area contributed by atoms with Crippen LogP contribution in [0.4, 0.5) is 0 Å². The summed E-state index contributed by atoms with van der Waals surface area (Å²) in [6.45, 7) is 4.75. The fraction of sp³-hybridized carbons (Fsp3) is 0.846. The molecule has 0 spiro atoms. The topological polar surface area (TPSA) is 87.7 Å². The molecule has 1 fully saturated rings. The Labute approximate surface area is 109 Å². The van der Waals surface area contributed by atoms with Gasteiger partial charge in [0.2, 0.25) is 5.91 Å². The van der Waals surface area contributed by atoms with Gasteiger partial charge in [-0.1, -0.05) is 31.8 Å². The Balaban J connectivity index is 2.50. The van der Waals surface area contributed by atoms with Crippen LogP contribution in [0.15, 0.2) is 5.16 Å². The quantitative estimate of drug-likeness (QED) is 0.293. The van der Waals surface area contributed by atoms with Crippen LogP contribution >= 0.6 is 0 Å². The van der Waals surface area contributed by atoms with Gasteiger partial charge in [0.25, 0.3) is 0 Å². The smallest absolute Gasteiger partial charge is 0.226 e. The Hall–Kier alpha value is -1.26. The van der Waals surface area contributed by atoms with Crippen LogP contribution in [0.1, 0.15) is 52.4 Å². The van der Waals surface area contributed by atoms with Crippen LogP contribution < -0.4 is 11.1 Å². The van der Waals surface area contributed by atoms with Crippen molar-refractivity contribution in [2.75, 3.05) is 6.54 Å². The van der Waals surface area contributed by atoms with Gasteiger partial charge in [-0.05, 0) is 25.2 Å². The highest BCUT2D eigenvalue weighted by molar-refractivity contribution is 5.84. The summed E-state index contributed by atoms with van der Waals surface area (Å²) in [5.41, 5.74) is 5.19. The summed E-state index contributed by atoms with van der Waals surface area (Å²) < 4.78 is 0. The maximum atomic E-state index is 12.3. The first-order valence-electron chi connectivity index (χ1n) is 6.75. The molecule has 1 aliphatic rings. The summed E-state index contributed by atoms with van der Waals surface area (Å²) in [4.78, 5) is 12.3. The molecule has 1 saturated carbocycles. The van der Waals surface area contributed by atoms with E-state index in [9.17, 15) is 4.79 Å². The number of hydrogen-bond donors (Lipinski definition) is 3. The van der Waals surface area contributed by atoms with Crippen LogP contribution in [0, 0.1) is 11.3 Å². The molecule has 4 N–H and O–H groups in total. The molecule has 0 unspecified atom stereocenters. The third-order valence-electron chi connectivity index (χ3n) is 3.64. The second-order valence-corrected chi connectivity index (χ2v) is 5.68. The molecular formula is C13H25N3O2. The second kappa shape index (κ2) is 6.61. The average molecular weight is 255 g/mol. The predicted octanol–water partition coefficient (Wildman–Crippen LogP) is 1.85. The van der Waals surface area contributed by atoms with E-state index in [0.717, 1.165) is 32.1 Å². The Bertz CT molecular complexity index is 307. The Kier molecular flexibility index (Phi) is 5.44. The van der Waals surface area contributed by atoms with Gasteiger partial charge >= 0.3 is 0 Å². The molecule has 1 amide bonds. The summed E-state index contributed by atoms with van der Waals surface area (Å²) in [6, 6.07) is 0. The molecule has 0 atom stereocenters. The van der Waals surface area contributed by atoms with E-state index >= 15 is 0 Å².